The van der Waals surface area contributed by atoms with Crippen molar-refractivity contribution in [1.29, 1.82) is 0 Å². The summed E-state index contributed by atoms with van der Waals surface area (Å²) in [7, 11) is -6.04. The van der Waals surface area contributed by atoms with Gasteiger partial charge in [0.1, 0.15) is 0 Å². The van der Waals surface area contributed by atoms with Gasteiger partial charge in [0.25, 0.3) is 0 Å². The van der Waals surface area contributed by atoms with Gasteiger partial charge in [-0.2, -0.15) is 21.6 Å². The molecular weight excluding hydrogens is 293 g/mol. The molecular formula is C9H5F3O6S. The van der Waals surface area contributed by atoms with E-state index in [4.69, 9.17) is 5.11 Å². The van der Waals surface area contributed by atoms with Crippen molar-refractivity contribution < 1.29 is 40.5 Å². The molecule has 6 nitrogen and oxygen atoms in total. The Bertz CT molecular complexity index is 602. The van der Waals surface area contributed by atoms with Crippen LogP contribution in [-0.2, 0) is 14.3 Å². The Labute approximate surface area is 104 Å². The van der Waals surface area contributed by atoms with Gasteiger partial charge in [0.15, 0.2) is 0 Å². The lowest BCUT2D eigenvalue weighted by Crippen LogP contribution is -2.28. The number of carbonyl (C=O) groups excluding carboxylic acids is 1. The summed E-state index contributed by atoms with van der Waals surface area (Å²) >= 11 is 0. The minimum Gasteiger partial charge on any atom is -0.478 e. The van der Waals surface area contributed by atoms with E-state index in [1.54, 1.807) is 0 Å². The molecule has 1 N–H and O–H groups in total. The number of carbonyl (C=O) groups is 2. The summed E-state index contributed by atoms with van der Waals surface area (Å²) in [6, 6.07) is 3.49. The van der Waals surface area contributed by atoms with Crippen LogP contribution in [0.15, 0.2) is 24.3 Å². The monoisotopic (exact) mass is 298 g/mol. The molecule has 1 aromatic rings. The number of aromatic carboxylic acids is 1. The third-order valence-corrected chi connectivity index (χ3v) is 2.77. The van der Waals surface area contributed by atoms with Crippen LogP contribution in [0.5, 0.6) is 0 Å². The number of alkyl halides is 3. The zero-order valence-electron chi connectivity index (χ0n) is 8.84. The van der Waals surface area contributed by atoms with Gasteiger partial charge in [0.2, 0.25) is 0 Å². The molecule has 0 aliphatic rings. The summed E-state index contributed by atoms with van der Waals surface area (Å²) in [5, 5.41) is 8.55. The van der Waals surface area contributed by atoms with Gasteiger partial charge in [0.05, 0.1) is 11.1 Å². The van der Waals surface area contributed by atoms with E-state index in [0.29, 0.717) is 0 Å². The molecule has 19 heavy (non-hydrogen) atoms. The molecule has 1 aromatic carbocycles. The second-order valence-corrected chi connectivity index (χ2v) is 4.69. The normalized spacial score (nSPS) is 11.9. The van der Waals surface area contributed by atoms with Crippen LogP contribution >= 0.6 is 0 Å². The summed E-state index contributed by atoms with van der Waals surface area (Å²) in [5.41, 5.74) is -6.48. The van der Waals surface area contributed by atoms with E-state index in [2.05, 4.69) is 4.18 Å². The number of carboxylic acid groups (broad SMARTS) is 1. The van der Waals surface area contributed by atoms with Gasteiger partial charge in [-0.15, -0.1) is 0 Å². The Morgan fingerprint density at radius 3 is 1.84 bits per heavy atom. The van der Waals surface area contributed by atoms with E-state index in [-0.39, 0.29) is 5.56 Å². The first-order valence-electron chi connectivity index (χ1n) is 4.43. The van der Waals surface area contributed by atoms with E-state index >= 15 is 0 Å². The van der Waals surface area contributed by atoms with Gasteiger partial charge in [0, 0.05) is 0 Å². The van der Waals surface area contributed by atoms with Crippen LogP contribution in [0.4, 0.5) is 13.2 Å². The summed E-state index contributed by atoms with van der Waals surface area (Å²) < 4.78 is 60.3. The summed E-state index contributed by atoms with van der Waals surface area (Å²) in [5.74, 6) is -3.07. The molecule has 10 heteroatoms. The van der Waals surface area contributed by atoms with Crippen molar-refractivity contribution in [1.82, 2.24) is 0 Å². The fourth-order valence-corrected chi connectivity index (χ4v) is 1.33. The van der Waals surface area contributed by atoms with Crippen LogP contribution in [0.2, 0.25) is 0 Å². The molecule has 0 saturated carbocycles. The van der Waals surface area contributed by atoms with Gasteiger partial charge < -0.3 is 9.29 Å². The second-order valence-electron chi connectivity index (χ2n) is 3.15. The van der Waals surface area contributed by atoms with Crippen LogP contribution < -0.4 is 0 Å². The molecule has 0 aliphatic carbocycles. The summed E-state index contributed by atoms with van der Waals surface area (Å²) in [4.78, 5) is 21.6. The van der Waals surface area contributed by atoms with Gasteiger partial charge in [-0.1, -0.05) is 0 Å². The zero-order chi connectivity index (χ0) is 14.8. The van der Waals surface area contributed by atoms with Crippen LogP contribution in [0.3, 0.4) is 0 Å². The Hall–Kier alpha value is -2.10. The Kier molecular flexibility index (Phi) is 3.84. The van der Waals surface area contributed by atoms with Gasteiger partial charge in [-0.3, -0.25) is 0 Å². The maximum atomic E-state index is 11.9. The molecule has 0 radical (unpaired) electrons. The van der Waals surface area contributed by atoms with Crippen molar-refractivity contribution in [2.75, 3.05) is 0 Å². The third-order valence-electron chi connectivity index (χ3n) is 1.84. The van der Waals surface area contributed by atoms with Gasteiger partial charge in [-0.05, 0) is 24.3 Å². The van der Waals surface area contributed by atoms with Crippen molar-refractivity contribution in [3.63, 3.8) is 0 Å². The zero-order valence-corrected chi connectivity index (χ0v) is 9.66. The van der Waals surface area contributed by atoms with Crippen molar-refractivity contribution in [2.45, 2.75) is 5.51 Å². The highest BCUT2D eigenvalue weighted by molar-refractivity contribution is 7.88. The molecule has 0 heterocycles. The molecule has 0 atom stereocenters. The lowest BCUT2D eigenvalue weighted by molar-refractivity contribution is -0.0525. The number of benzene rings is 1. The molecule has 104 valence electrons. The first kappa shape index (κ1) is 15.0. The maximum absolute atomic E-state index is 11.9. The van der Waals surface area contributed by atoms with E-state index in [1.165, 1.54) is 0 Å². The number of carboxylic acids is 1. The maximum Gasteiger partial charge on any atom is 0.534 e. The lowest BCUT2D eigenvalue weighted by Gasteiger charge is -2.07. The molecule has 0 aliphatic heterocycles. The highest BCUT2D eigenvalue weighted by Crippen LogP contribution is 2.25. The topological polar surface area (TPSA) is 97.7 Å². The first-order chi connectivity index (χ1) is 8.54. The van der Waals surface area contributed by atoms with Crippen molar-refractivity contribution in [2.24, 2.45) is 0 Å². The number of hydrogen-bond acceptors (Lipinski definition) is 5. The first-order valence-corrected chi connectivity index (χ1v) is 5.84. The molecule has 0 bridgehead atoms. The largest absolute Gasteiger partial charge is 0.534 e. The predicted molar refractivity (Wildman–Crippen MR) is 53.8 cm³/mol. The minimum atomic E-state index is -6.04. The van der Waals surface area contributed by atoms with E-state index in [1.807, 2.05) is 0 Å². The standard InChI is InChI=1S/C9H5F3O6S/c10-9(11,12)19(16,17)18-8(15)6-3-1-5(2-4-6)7(13)14/h1-4H,(H,13,14). The average molecular weight is 298 g/mol. The minimum absolute atomic E-state index is 0.227. The SMILES string of the molecule is O=C(O)c1ccc(C(=O)OS(=O)(=O)C(F)(F)F)cc1. The fourth-order valence-electron chi connectivity index (χ4n) is 0.944. The highest BCUT2D eigenvalue weighted by Gasteiger charge is 2.49. The van der Waals surface area contributed by atoms with Gasteiger partial charge >= 0.3 is 27.6 Å². The van der Waals surface area contributed by atoms with Crippen LogP contribution in [0.25, 0.3) is 0 Å². The van der Waals surface area contributed by atoms with Crippen molar-refractivity contribution in [3.05, 3.63) is 35.4 Å². The van der Waals surface area contributed by atoms with E-state index in [9.17, 15) is 31.2 Å². The Morgan fingerprint density at radius 2 is 1.47 bits per heavy atom. The molecule has 1 rings (SSSR count). The molecule has 0 fully saturated rings. The molecule has 0 saturated heterocycles. The third kappa shape index (κ3) is 3.44. The van der Waals surface area contributed by atoms with E-state index < -0.39 is 33.1 Å². The lowest BCUT2D eigenvalue weighted by atomic mass is 10.1. The smallest absolute Gasteiger partial charge is 0.478 e. The van der Waals surface area contributed by atoms with Crippen molar-refractivity contribution >= 4 is 22.1 Å². The van der Waals surface area contributed by atoms with Gasteiger partial charge in [-0.25, -0.2) is 9.59 Å². The highest BCUT2D eigenvalue weighted by atomic mass is 32.2. The number of rotatable bonds is 3. The summed E-state index contributed by atoms with van der Waals surface area (Å²) in [6.45, 7) is 0. The van der Waals surface area contributed by atoms with E-state index in [0.717, 1.165) is 24.3 Å². The number of halogens is 3. The second kappa shape index (κ2) is 4.88. The van der Waals surface area contributed by atoms with Crippen molar-refractivity contribution in [3.8, 4) is 0 Å². The predicted octanol–water partition coefficient (Wildman–Crippen LogP) is 1.39. The number of hydrogen-bond donors (Lipinski definition) is 1. The average Bonchev–Trinajstić information content (AvgIpc) is 2.27. The van der Waals surface area contributed by atoms with Crippen LogP contribution in [0.1, 0.15) is 20.7 Å². The molecule has 0 amide bonds. The Morgan fingerprint density at radius 1 is 1.05 bits per heavy atom. The van der Waals surface area contributed by atoms with Crippen LogP contribution in [-0.4, -0.2) is 31.0 Å². The molecule has 0 spiro atoms. The summed E-state index contributed by atoms with van der Waals surface area (Å²) in [6.07, 6.45) is 0. The van der Waals surface area contributed by atoms with Crippen LogP contribution in [0, 0.1) is 0 Å². The quantitative estimate of drug-likeness (QED) is 0.669. The molecule has 0 unspecified atom stereocenters. The Balaban J connectivity index is 2.94. The fraction of sp³-hybridized carbons (Fsp3) is 0.111. The molecule has 0 aromatic heterocycles.